The third kappa shape index (κ3) is 6.19. The minimum atomic E-state index is 0. The van der Waals surface area contributed by atoms with Crippen LogP contribution < -0.4 is 10.6 Å². The van der Waals surface area contributed by atoms with E-state index in [1.54, 1.807) is 25.3 Å². The molecule has 0 unspecified atom stereocenters. The Kier molecular flexibility index (Phi) is 8.64. The number of guanidine groups is 1. The monoisotopic (exact) mass is 447 g/mol. The molecule has 0 aliphatic rings. The van der Waals surface area contributed by atoms with E-state index in [9.17, 15) is 0 Å². The van der Waals surface area contributed by atoms with Crippen molar-refractivity contribution in [3.63, 3.8) is 0 Å². The zero-order valence-corrected chi connectivity index (χ0v) is 15.8. The van der Waals surface area contributed by atoms with Gasteiger partial charge in [-0.05, 0) is 24.3 Å². The number of halogens is 2. The zero-order chi connectivity index (χ0) is 15.8. The second-order valence-corrected chi connectivity index (χ2v) is 4.87. The molecule has 2 aromatic rings. The van der Waals surface area contributed by atoms with Gasteiger partial charge in [-0.1, -0.05) is 22.8 Å². The van der Waals surface area contributed by atoms with Gasteiger partial charge in [-0.3, -0.25) is 4.99 Å². The number of nitrogens with one attached hydrogen (secondary N) is 2. The van der Waals surface area contributed by atoms with Crippen LogP contribution in [0.3, 0.4) is 0 Å². The molecule has 0 bridgehead atoms. The molecule has 1 heterocycles. The molecule has 2 N–H and O–H groups in total. The Labute approximate surface area is 157 Å². The summed E-state index contributed by atoms with van der Waals surface area (Å²) in [5.74, 6) is 1.83. The predicted molar refractivity (Wildman–Crippen MR) is 103 cm³/mol. The smallest absolute Gasteiger partial charge is 0.228 e. The Morgan fingerprint density at radius 1 is 1.35 bits per heavy atom. The average Bonchev–Trinajstić information content (AvgIpc) is 3.00. The van der Waals surface area contributed by atoms with Crippen LogP contribution in [0.5, 0.6) is 0 Å². The predicted octanol–water partition coefficient (Wildman–Crippen LogP) is 2.90. The van der Waals surface area contributed by atoms with E-state index in [1.165, 1.54) is 0 Å². The van der Waals surface area contributed by atoms with E-state index in [4.69, 9.17) is 16.1 Å². The van der Waals surface area contributed by atoms with Gasteiger partial charge < -0.3 is 15.2 Å². The number of hydrogen-bond donors (Lipinski definition) is 2. The maximum absolute atomic E-state index is 5.86. The van der Waals surface area contributed by atoms with Gasteiger partial charge in [-0.2, -0.15) is 4.98 Å². The molecule has 0 saturated carbocycles. The Balaban J connectivity index is 0.00000264. The quantitative estimate of drug-likeness (QED) is 0.308. The van der Waals surface area contributed by atoms with E-state index in [1.807, 2.05) is 12.1 Å². The third-order valence-electron chi connectivity index (χ3n) is 2.84. The van der Waals surface area contributed by atoms with Gasteiger partial charge in [0.1, 0.15) is 0 Å². The molecule has 0 spiro atoms. The van der Waals surface area contributed by atoms with Crippen LogP contribution in [0.25, 0.3) is 11.4 Å². The number of hydrogen-bond acceptors (Lipinski definition) is 4. The average molecular weight is 448 g/mol. The lowest BCUT2D eigenvalue weighted by atomic mass is 10.2. The zero-order valence-electron chi connectivity index (χ0n) is 12.8. The van der Waals surface area contributed by atoms with Crippen LogP contribution in [-0.2, 0) is 6.42 Å². The van der Waals surface area contributed by atoms with Crippen molar-refractivity contribution in [1.29, 1.82) is 0 Å². The number of benzene rings is 1. The van der Waals surface area contributed by atoms with Gasteiger partial charge in [-0.25, -0.2) is 0 Å². The largest absolute Gasteiger partial charge is 0.356 e. The second kappa shape index (κ2) is 10.2. The molecule has 8 heteroatoms. The maximum atomic E-state index is 5.86. The summed E-state index contributed by atoms with van der Waals surface area (Å²) in [5.41, 5.74) is 0.871. The van der Waals surface area contributed by atoms with Crippen LogP contribution in [0.15, 0.2) is 46.4 Å². The minimum absolute atomic E-state index is 0. The van der Waals surface area contributed by atoms with Gasteiger partial charge in [0.25, 0.3) is 0 Å². The van der Waals surface area contributed by atoms with E-state index in [0.29, 0.717) is 42.2 Å². The van der Waals surface area contributed by atoms with Gasteiger partial charge in [0.15, 0.2) is 5.96 Å². The molecule has 23 heavy (non-hydrogen) atoms. The summed E-state index contributed by atoms with van der Waals surface area (Å²) in [4.78, 5) is 8.44. The van der Waals surface area contributed by atoms with Crippen LogP contribution in [0.2, 0.25) is 5.02 Å². The van der Waals surface area contributed by atoms with E-state index in [-0.39, 0.29) is 24.0 Å². The first kappa shape index (κ1) is 19.4. The molecule has 1 aromatic heterocycles. The van der Waals surface area contributed by atoms with Gasteiger partial charge >= 0.3 is 0 Å². The summed E-state index contributed by atoms with van der Waals surface area (Å²) in [6, 6.07) is 7.31. The molecule has 0 aliphatic carbocycles. The first-order chi connectivity index (χ1) is 10.7. The van der Waals surface area contributed by atoms with Gasteiger partial charge in [0.2, 0.25) is 11.7 Å². The van der Waals surface area contributed by atoms with Crippen molar-refractivity contribution in [3.8, 4) is 11.4 Å². The fourth-order valence-electron chi connectivity index (χ4n) is 1.75. The van der Waals surface area contributed by atoms with Crippen LogP contribution in [0.4, 0.5) is 0 Å². The van der Waals surface area contributed by atoms with Crippen molar-refractivity contribution in [2.75, 3.05) is 20.1 Å². The van der Waals surface area contributed by atoms with Crippen molar-refractivity contribution in [1.82, 2.24) is 20.8 Å². The van der Waals surface area contributed by atoms with E-state index >= 15 is 0 Å². The first-order valence-corrected chi connectivity index (χ1v) is 7.24. The Hall–Kier alpha value is -1.61. The summed E-state index contributed by atoms with van der Waals surface area (Å²) < 4.78 is 5.24. The summed E-state index contributed by atoms with van der Waals surface area (Å²) in [6.45, 7) is 4.94. The summed E-state index contributed by atoms with van der Waals surface area (Å²) in [7, 11) is 1.71. The summed E-state index contributed by atoms with van der Waals surface area (Å²) >= 11 is 5.86. The molecule has 0 radical (unpaired) electrons. The number of rotatable bonds is 6. The molecule has 124 valence electrons. The molecule has 0 fully saturated rings. The Morgan fingerprint density at radius 3 is 2.74 bits per heavy atom. The number of aromatic nitrogens is 2. The molecule has 0 atom stereocenters. The summed E-state index contributed by atoms with van der Waals surface area (Å²) in [6.07, 6.45) is 2.37. The first-order valence-electron chi connectivity index (χ1n) is 6.87. The van der Waals surface area contributed by atoms with Crippen molar-refractivity contribution < 1.29 is 4.52 Å². The minimum Gasteiger partial charge on any atom is -0.356 e. The second-order valence-electron chi connectivity index (χ2n) is 4.44. The van der Waals surface area contributed by atoms with Crippen LogP contribution >= 0.6 is 35.6 Å². The van der Waals surface area contributed by atoms with Gasteiger partial charge in [-0.15, -0.1) is 30.6 Å². The highest BCUT2D eigenvalue weighted by atomic mass is 127. The fourth-order valence-corrected chi connectivity index (χ4v) is 1.88. The highest BCUT2D eigenvalue weighted by Crippen LogP contribution is 2.18. The molecule has 1 aromatic carbocycles. The lowest BCUT2D eigenvalue weighted by Gasteiger charge is -2.08. The van der Waals surface area contributed by atoms with Crippen molar-refractivity contribution in [2.45, 2.75) is 6.42 Å². The lowest BCUT2D eigenvalue weighted by Crippen LogP contribution is -2.38. The van der Waals surface area contributed by atoms with E-state index in [2.05, 4.69) is 32.3 Å². The maximum Gasteiger partial charge on any atom is 0.228 e. The summed E-state index contributed by atoms with van der Waals surface area (Å²) in [5, 5.41) is 10.9. The fraction of sp³-hybridized carbons (Fsp3) is 0.267. The number of aliphatic imine (C=N–C) groups is 1. The normalized spacial score (nSPS) is 10.8. The lowest BCUT2D eigenvalue weighted by molar-refractivity contribution is 0.378. The van der Waals surface area contributed by atoms with Crippen LogP contribution in [0.1, 0.15) is 5.89 Å². The molecule has 0 amide bonds. The van der Waals surface area contributed by atoms with Crippen LogP contribution in [-0.4, -0.2) is 36.2 Å². The van der Waals surface area contributed by atoms with E-state index < -0.39 is 0 Å². The molecule has 0 saturated heterocycles. The van der Waals surface area contributed by atoms with Crippen molar-refractivity contribution >= 4 is 41.5 Å². The SMILES string of the molecule is C=CCNC(=NC)NCCc1nc(-c2ccc(Cl)cc2)no1.I. The highest BCUT2D eigenvalue weighted by Gasteiger charge is 2.08. The molecule has 0 aliphatic heterocycles. The number of nitrogens with zero attached hydrogens (tertiary/aromatic N) is 3. The van der Waals surface area contributed by atoms with Crippen molar-refractivity contribution in [3.05, 3.63) is 47.8 Å². The molecule has 2 rings (SSSR count). The van der Waals surface area contributed by atoms with E-state index in [0.717, 1.165) is 5.56 Å². The van der Waals surface area contributed by atoms with Crippen molar-refractivity contribution in [2.24, 2.45) is 4.99 Å². The topological polar surface area (TPSA) is 75.3 Å². The molecule has 6 nitrogen and oxygen atoms in total. The Bertz CT molecular complexity index is 642. The Morgan fingerprint density at radius 2 is 2.09 bits per heavy atom. The van der Waals surface area contributed by atoms with Gasteiger partial charge in [0.05, 0.1) is 0 Å². The highest BCUT2D eigenvalue weighted by molar-refractivity contribution is 14.0. The van der Waals surface area contributed by atoms with Crippen LogP contribution in [0, 0.1) is 0 Å². The van der Waals surface area contributed by atoms with Gasteiger partial charge in [0, 0.05) is 37.1 Å². The standard InChI is InChI=1S/C15H18ClN5O.HI/c1-3-9-18-15(17-2)19-10-8-13-20-14(21-22-13)11-4-6-12(16)7-5-11;/h3-7H,1,8-10H2,2H3,(H2,17,18,19);1H. The molecular weight excluding hydrogens is 429 g/mol. The molecular formula is C15H19ClIN5O. The third-order valence-corrected chi connectivity index (χ3v) is 3.09.